The fraction of sp³-hybridized carbons (Fsp3) is 0.407. The maximum absolute atomic E-state index is 13.2. The molecule has 4 rings (SSSR count). The average Bonchev–Trinajstić information content (AvgIpc) is 3.14. The summed E-state index contributed by atoms with van der Waals surface area (Å²) in [4.78, 5) is 30.3. The monoisotopic (exact) mass is 514 g/mol. The summed E-state index contributed by atoms with van der Waals surface area (Å²) in [6.07, 6.45) is 0.689. The van der Waals surface area contributed by atoms with Crippen molar-refractivity contribution in [1.82, 2.24) is 9.80 Å². The van der Waals surface area contributed by atoms with Gasteiger partial charge >= 0.3 is 0 Å². The van der Waals surface area contributed by atoms with E-state index in [9.17, 15) is 14.7 Å². The lowest BCUT2D eigenvalue weighted by Gasteiger charge is -2.29. The maximum Gasteiger partial charge on any atom is 0.295 e. The van der Waals surface area contributed by atoms with Gasteiger partial charge < -0.3 is 24.2 Å². The number of nitrogens with zero attached hydrogens (tertiary/aromatic N) is 2. The Morgan fingerprint density at radius 1 is 1.11 bits per heavy atom. The number of ether oxygens (including phenoxy) is 3. The minimum absolute atomic E-state index is 0.0387. The normalized spacial score (nSPS) is 20.1. The van der Waals surface area contributed by atoms with Crippen LogP contribution < -0.4 is 9.47 Å². The summed E-state index contributed by atoms with van der Waals surface area (Å²) in [6, 6.07) is 11.3. The van der Waals surface area contributed by atoms with Gasteiger partial charge in [-0.25, -0.2) is 0 Å². The Kier molecular flexibility index (Phi) is 8.51. The second-order valence-electron chi connectivity index (χ2n) is 8.65. The van der Waals surface area contributed by atoms with E-state index in [1.54, 1.807) is 29.2 Å². The summed E-state index contributed by atoms with van der Waals surface area (Å²) in [5.41, 5.74) is 1.09. The van der Waals surface area contributed by atoms with Gasteiger partial charge in [0, 0.05) is 31.7 Å². The molecular formula is C27H31ClN2O6. The number of morpholine rings is 1. The van der Waals surface area contributed by atoms with Crippen molar-refractivity contribution >= 4 is 29.1 Å². The zero-order chi connectivity index (χ0) is 25.7. The Balaban J connectivity index is 1.68. The van der Waals surface area contributed by atoms with Crippen molar-refractivity contribution < 1.29 is 28.9 Å². The molecule has 8 nitrogen and oxygen atoms in total. The number of amides is 1. The van der Waals surface area contributed by atoms with Crippen LogP contribution >= 0.6 is 11.6 Å². The molecule has 1 atom stereocenters. The number of rotatable bonds is 9. The number of methoxy groups -OCH3 is 1. The van der Waals surface area contributed by atoms with E-state index in [4.69, 9.17) is 25.8 Å². The molecule has 2 aliphatic heterocycles. The van der Waals surface area contributed by atoms with Crippen LogP contribution in [-0.2, 0) is 14.3 Å². The van der Waals surface area contributed by atoms with E-state index >= 15 is 0 Å². The van der Waals surface area contributed by atoms with Gasteiger partial charge in [0.1, 0.15) is 17.3 Å². The molecular weight excluding hydrogens is 484 g/mol. The number of carbonyl (C=O) groups is 2. The third-order valence-electron chi connectivity index (χ3n) is 6.45. The van der Waals surface area contributed by atoms with Crippen LogP contribution in [0.4, 0.5) is 0 Å². The van der Waals surface area contributed by atoms with E-state index in [1.165, 1.54) is 13.2 Å². The molecule has 0 unspecified atom stereocenters. The Hall–Kier alpha value is -3.07. The number of aliphatic hydroxyl groups is 1. The predicted octanol–water partition coefficient (Wildman–Crippen LogP) is 3.89. The number of carbonyl (C=O) groups excluding carboxylic acids is 2. The molecule has 1 amide bonds. The van der Waals surface area contributed by atoms with Crippen LogP contribution in [0, 0.1) is 0 Å². The van der Waals surface area contributed by atoms with Gasteiger partial charge in [-0.1, -0.05) is 23.7 Å². The van der Waals surface area contributed by atoms with Crippen LogP contribution in [0.2, 0.25) is 5.02 Å². The first kappa shape index (κ1) is 26.0. The maximum atomic E-state index is 13.2. The number of Topliss-reactive ketones (excluding diaryl/α,β-unsaturated/α-hetero) is 1. The van der Waals surface area contributed by atoms with Crippen molar-refractivity contribution in [3.05, 3.63) is 64.2 Å². The van der Waals surface area contributed by atoms with Gasteiger partial charge in [0.15, 0.2) is 0 Å². The zero-order valence-electron chi connectivity index (χ0n) is 20.5. The first-order valence-electron chi connectivity index (χ1n) is 12.1. The molecule has 0 saturated carbocycles. The quantitative estimate of drug-likeness (QED) is 0.308. The van der Waals surface area contributed by atoms with Crippen LogP contribution in [0.5, 0.6) is 11.5 Å². The Bertz CT molecular complexity index is 1130. The van der Waals surface area contributed by atoms with Gasteiger partial charge in [-0.3, -0.25) is 14.5 Å². The van der Waals surface area contributed by atoms with Crippen LogP contribution in [0.3, 0.4) is 0 Å². The van der Waals surface area contributed by atoms with Gasteiger partial charge in [0.05, 0.1) is 43.6 Å². The molecule has 36 heavy (non-hydrogen) atoms. The minimum Gasteiger partial charge on any atom is -0.507 e. The molecule has 0 aliphatic carbocycles. The molecule has 2 aliphatic rings. The van der Waals surface area contributed by atoms with E-state index in [2.05, 4.69) is 4.90 Å². The third kappa shape index (κ3) is 5.51. The van der Waals surface area contributed by atoms with Gasteiger partial charge in [-0.15, -0.1) is 0 Å². The van der Waals surface area contributed by atoms with Crippen molar-refractivity contribution in [2.24, 2.45) is 0 Å². The van der Waals surface area contributed by atoms with E-state index < -0.39 is 17.7 Å². The van der Waals surface area contributed by atoms with Crippen LogP contribution in [0.15, 0.2) is 48.0 Å². The van der Waals surface area contributed by atoms with E-state index in [-0.39, 0.29) is 11.3 Å². The van der Waals surface area contributed by atoms with Crippen molar-refractivity contribution in [3.8, 4) is 11.5 Å². The van der Waals surface area contributed by atoms with Crippen molar-refractivity contribution in [2.75, 3.05) is 53.1 Å². The van der Waals surface area contributed by atoms with Gasteiger partial charge in [0.2, 0.25) is 0 Å². The summed E-state index contributed by atoms with van der Waals surface area (Å²) >= 11 is 6.27. The lowest BCUT2D eigenvalue weighted by Crippen LogP contribution is -2.38. The molecule has 0 radical (unpaired) electrons. The third-order valence-corrected chi connectivity index (χ3v) is 6.74. The van der Waals surface area contributed by atoms with E-state index in [0.29, 0.717) is 60.4 Å². The molecule has 192 valence electrons. The average molecular weight is 515 g/mol. The standard InChI is InChI=1S/C27H31ClN2O6/c1-3-36-20-8-5-18(6-9-20)24-23(25(31)19-7-10-22(34-2)21(28)17-19)26(32)27(33)30(24)12-4-11-29-13-15-35-16-14-29/h5-10,17,24,31H,3-4,11-16H2,1-2H3/b25-23+/t24-/m0/s1. The van der Waals surface area contributed by atoms with Gasteiger partial charge in [-0.2, -0.15) is 0 Å². The molecule has 0 bridgehead atoms. The fourth-order valence-electron chi connectivity index (χ4n) is 4.63. The summed E-state index contributed by atoms with van der Waals surface area (Å²) in [6.45, 7) is 6.67. The summed E-state index contributed by atoms with van der Waals surface area (Å²) in [5, 5.41) is 11.5. The van der Waals surface area contributed by atoms with E-state index in [1.807, 2.05) is 19.1 Å². The lowest BCUT2D eigenvalue weighted by atomic mass is 9.95. The van der Waals surface area contributed by atoms with Crippen molar-refractivity contribution in [1.29, 1.82) is 0 Å². The highest BCUT2D eigenvalue weighted by Crippen LogP contribution is 2.40. The fourth-order valence-corrected chi connectivity index (χ4v) is 4.89. The summed E-state index contributed by atoms with van der Waals surface area (Å²) in [5.74, 6) is -0.485. The van der Waals surface area contributed by atoms with E-state index in [0.717, 1.165) is 19.6 Å². The Morgan fingerprint density at radius 3 is 2.47 bits per heavy atom. The number of benzene rings is 2. The highest BCUT2D eigenvalue weighted by Gasteiger charge is 2.45. The number of hydrogen-bond donors (Lipinski definition) is 1. The van der Waals surface area contributed by atoms with Crippen LogP contribution in [-0.4, -0.2) is 79.7 Å². The molecule has 0 spiro atoms. The Morgan fingerprint density at radius 2 is 1.83 bits per heavy atom. The van der Waals surface area contributed by atoms with Crippen LogP contribution in [0.1, 0.15) is 30.5 Å². The first-order chi connectivity index (χ1) is 17.4. The second kappa shape index (κ2) is 11.8. The summed E-state index contributed by atoms with van der Waals surface area (Å²) in [7, 11) is 1.50. The highest BCUT2D eigenvalue weighted by atomic mass is 35.5. The second-order valence-corrected chi connectivity index (χ2v) is 9.06. The van der Waals surface area contributed by atoms with Crippen molar-refractivity contribution in [3.63, 3.8) is 0 Å². The number of likely N-dealkylation sites (tertiary alicyclic amines) is 1. The molecule has 2 heterocycles. The molecule has 2 fully saturated rings. The molecule has 1 N–H and O–H groups in total. The molecule has 0 aromatic heterocycles. The lowest BCUT2D eigenvalue weighted by molar-refractivity contribution is -0.140. The van der Waals surface area contributed by atoms with Crippen LogP contribution in [0.25, 0.3) is 5.76 Å². The van der Waals surface area contributed by atoms with Gasteiger partial charge in [-0.05, 0) is 49.2 Å². The number of ketones is 1. The number of hydrogen-bond acceptors (Lipinski definition) is 7. The summed E-state index contributed by atoms with van der Waals surface area (Å²) < 4.78 is 16.2. The topological polar surface area (TPSA) is 88.5 Å². The molecule has 2 aromatic rings. The highest BCUT2D eigenvalue weighted by molar-refractivity contribution is 6.46. The SMILES string of the molecule is CCOc1ccc([C@H]2/C(=C(\O)c3ccc(OC)c(Cl)c3)C(=O)C(=O)N2CCCN2CCOCC2)cc1. The number of aliphatic hydroxyl groups excluding tert-OH is 1. The van der Waals surface area contributed by atoms with Crippen molar-refractivity contribution in [2.45, 2.75) is 19.4 Å². The first-order valence-corrected chi connectivity index (χ1v) is 12.5. The largest absolute Gasteiger partial charge is 0.507 e. The smallest absolute Gasteiger partial charge is 0.295 e. The zero-order valence-corrected chi connectivity index (χ0v) is 21.3. The predicted molar refractivity (Wildman–Crippen MR) is 137 cm³/mol. The molecule has 2 saturated heterocycles. The minimum atomic E-state index is -0.730. The molecule has 2 aromatic carbocycles. The number of halogens is 1. The molecule has 9 heteroatoms. The van der Waals surface area contributed by atoms with Gasteiger partial charge in [0.25, 0.3) is 11.7 Å². The Labute approximate surface area is 216 Å².